The molecule has 0 spiro atoms. The van der Waals surface area contributed by atoms with Gasteiger partial charge in [-0.25, -0.2) is 0 Å². The van der Waals surface area contributed by atoms with Crippen LogP contribution in [0.1, 0.15) is 29.5 Å². The van der Waals surface area contributed by atoms with Gasteiger partial charge >= 0.3 is 0 Å². The van der Waals surface area contributed by atoms with E-state index in [-0.39, 0.29) is 12.4 Å². The molecule has 0 saturated carbocycles. The number of hydrogen-bond donors (Lipinski definition) is 0. The summed E-state index contributed by atoms with van der Waals surface area (Å²) in [6, 6.07) is 25.6. The summed E-state index contributed by atoms with van der Waals surface area (Å²) in [6.45, 7) is 1.71. The Hall–Kier alpha value is -2.55. The van der Waals surface area contributed by atoms with E-state index in [1.165, 1.54) is 27.8 Å². The van der Waals surface area contributed by atoms with Crippen LogP contribution in [0.4, 0.5) is 0 Å². The van der Waals surface area contributed by atoms with Crippen LogP contribution in [0.3, 0.4) is 0 Å². The molecule has 0 saturated heterocycles. The number of halogens is 1. The average molecular weight is 420 g/mol. The summed E-state index contributed by atoms with van der Waals surface area (Å²) in [7, 11) is 4.27. The maximum atomic E-state index is 6.08. The number of rotatable bonds is 7. The number of fused-ring (bicyclic) bond motifs is 1. The zero-order valence-electron chi connectivity index (χ0n) is 17.8. The van der Waals surface area contributed by atoms with E-state index in [1.807, 2.05) is 6.07 Å². The summed E-state index contributed by atoms with van der Waals surface area (Å²) in [6.07, 6.45) is 5.79. The number of hydrogen-bond acceptors (Lipinski definition) is 2. The molecule has 30 heavy (non-hydrogen) atoms. The Bertz CT molecular complexity index is 978. The van der Waals surface area contributed by atoms with Gasteiger partial charge in [-0.15, -0.1) is 12.4 Å². The van der Waals surface area contributed by atoms with Crippen LogP contribution < -0.4 is 4.74 Å². The molecular weight excluding hydrogens is 390 g/mol. The second kappa shape index (κ2) is 10.5. The predicted octanol–water partition coefficient (Wildman–Crippen LogP) is 6.64. The van der Waals surface area contributed by atoms with Gasteiger partial charge in [0.25, 0.3) is 0 Å². The molecule has 0 aromatic heterocycles. The van der Waals surface area contributed by atoms with E-state index in [2.05, 4.69) is 91.8 Å². The summed E-state index contributed by atoms with van der Waals surface area (Å²) in [5.74, 6) is 0.959. The van der Waals surface area contributed by atoms with E-state index < -0.39 is 0 Å². The molecule has 1 aliphatic rings. The van der Waals surface area contributed by atoms with E-state index in [9.17, 15) is 0 Å². The van der Waals surface area contributed by atoms with Crippen LogP contribution in [-0.2, 0) is 13.0 Å². The van der Waals surface area contributed by atoms with Crippen LogP contribution in [0.5, 0.6) is 5.75 Å². The van der Waals surface area contributed by atoms with Gasteiger partial charge in [0, 0.05) is 6.54 Å². The molecule has 3 aromatic carbocycles. The van der Waals surface area contributed by atoms with Crippen LogP contribution in [-0.4, -0.2) is 25.5 Å². The Morgan fingerprint density at radius 2 is 1.57 bits per heavy atom. The zero-order valence-corrected chi connectivity index (χ0v) is 18.6. The Morgan fingerprint density at radius 3 is 2.30 bits per heavy atom. The van der Waals surface area contributed by atoms with Crippen molar-refractivity contribution in [2.24, 2.45) is 0 Å². The molecule has 0 heterocycles. The fourth-order valence-corrected chi connectivity index (χ4v) is 3.77. The van der Waals surface area contributed by atoms with Crippen molar-refractivity contribution < 1.29 is 4.74 Å². The van der Waals surface area contributed by atoms with E-state index in [4.69, 9.17) is 4.74 Å². The van der Waals surface area contributed by atoms with Crippen LogP contribution >= 0.6 is 12.4 Å². The molecule has 0 radical (unpaired) electrons. The molecule has 0 amide bonds. The topological polar surface area (TPSA) is 12.5 Å². The molecule has 0 fully saturated rings. The summed E-state index contributed by atoms with van der Waals surface area (Å²) in [4.78, 5) is 2.25. The van der Waals surface area contributed by atoms with Crippen LogP contribution in [0.15, 0.2) is 78.4 Å². The smallest absolute Gasteiger partial charge is 0.120 e. The Labute approximate surface area is 186 Å². The van der Waals surface area contributed by atoms with E-state index in [0.29, 0.717) is 6.61 Å². The molecule has 3 heteroatoms. The van der Waals surface area contributed by atoms with Crippen molar-refractivity contribution in [2.45, 2.75) is 25.9 Å². The number of aryl methyl sites for hydroxylation is 1. The summed E-state index contributed by atoms with van der Waals surface area (Å²) >= 11 is 0. The van der Waals surface area contributed by atoms with Gasteiger partial charge in [-0.2, -0.15) is 0 Å². The van der Waals surface area contributed by atoms with Crippen LogP contribution in [0.25, 0.3) is 17.2 Å². The highest BCUT2D eigenvalue weighted by Crippen LogP contribution is 2.29. The minimum Gasteiger partial charge on any atom is -0.489 e. The van der Waals surface area contributed by atoms with E-state index in [1.54, 1.807) is 5.57 Å². The first-order valence-electron chi connectivity index (χ1n) is 10.4. The molecule has 4 rings (SSSR count). The van der Waals surface area contributed by atoms with Gasteiger partial charge in [0.2, 0.25) is 0 Å². The fraction of sp³-hybridized carbons (Fsp3) is 0.259. The Kier molecular flexibility index (Phi) is 7.73. The molecule has 3 aromatic rings. The van der Waals surface area contributed by atoms with Gasteiger partial charge in [0.1, 0.15) is 12.4 Å². The standard InChI is InChI=1S/C27H29NO.ClH/c1-28(2)17-16-21-8-13-26-19-27(15-14-25(26)18-21)29-20-22-9-11-24(12-10-22)23-6-4-3-5-7-23;/h3-7,9-12,14-15,18-19H,8,13,16-17,20H2,1-2H3;1H. The van der Waals surface area contributed by atoms with E-state index >= 15 is 0 Å². The third kappa shape index (κ3) is 5.75. The monoisotopic (exact) mass is 419 g/mol. The van der Waals surface area contributed by atoms with Crippen molar-refractivity contribution >= 4 is 18.5 Å². The molecule has 0 atom stereocenters. The molecule has 0 N–H and O–H groups in total. The van der Waals surface area contributed by atoms with Gasteiger partial charge in [0.15, 0.2) is 0 Å². The second-order valence-corrected chi connectivity index (χ2v) is 8.07. The molecule has 0 bridgehead atoms. The maximum Gasteiger partial charge on any atom is 0.120 e. The van der Waals surface area contributed by atoms with Gasteiger partial charge in [0.05, 0.1) is 0 Å². The molecule has 0 unspecified atom stereocenters. The Balaban J connectivity index is 0.00000256. The zero-order chi connectivity index (χ0) is 20.1. The highest BCUT2D eigenvalue weighted by molar-refractivity contribution is 5.85. The van der Waals surface area contributed by atoms with Crippen molar-refractivity contribution in [1.29, 1.82) is 0 Å². The highest BCUT2D eigenvalue weighted by atomic mass is 35.5. The Morgan fingerprint density at radius 1 is 0.833 bits per heavy atom. The molecular formula is C27H30ClNO. The lowest BCUT2D eigenvalue weighted by Crippen LogP contribution is -2.14. The maximum absolute atomic E-state index is 6.08. The molecule has 156 valence electrons. The first kappa shape index (κ1) is 22.1. The fourth-order valence-electron chi connectivity index (χ4n) is 3.77. The van der Waals surface area contributed by atoms with Crippen molar-refractivity contribution in [3.05, 3.63) is 95.1 Å². The number of ether oxygens (including phenoxy) is 1. The predicted molar refractivity (Wildman–Crippen MR) is 129 cm³/mol. The van der Waals surface area contributed by atoms with Crippen molar-refractivity contribution in [3.63, 3.8) is 0 Å². The lowest BCUT2D eigenvalue weighted by Gasteiger charge is -2.19. The van der Waals surface area contributed by atoms with E-state index in [0.717, 1.165) is 31.6 Å². The first-order valence-corrected chi connectivity index (χ1v) is 10.4. The van der Waals surface area contributed by atoms with Crippen LogP contribution in [0, 0.1) is 0 Å². The lowest BCUT2D eigenvalue weighted by atomic mass is 9.90. The average Bonchev–Trinajstić information content (AvgIpc) is 2.77. The highest BCUT2D eigenvalue weighted by Gasteiger charge is 2.12. The molecule has 2 nitrogen and oxygen atoms in total. The summed E-state index contributed by atoms with van der Waals surface area (Å²) < 4.78 is 6.08. The third-order valence-electron chi connectivity index (χ3n) is 5.54. The van der Waals surface area contributed by atoms with Crippen molar-refractivity contribution in [3.8, 4) is 16.9 Å². The van der Waals surface area contributed by atoms with Gasteiger partial charge in [-0.3, -0.25) is 0 Å². The normalized spacial score (nSPS) is 12.7. The van der Waals surface area contributed by atoms with Gasteiger partial charge in [-0.05, 0) is 73.3 Å². The number of nitrogens with zero attached hydrogens (tertiary/aromatic N) is 1. The first-order chi connectivity index (χ1) is 14.2. The second-order valence-electron chi connectivity index (χ2n) is 8.07. The largest absolute Gasteiger partial charge is 0.489 e. The lowest BCUT2D eigenvalue weighted by molar-refractivity contribution is 0.306. The number of benzene rings is 3. The van der Waals surface area contributed by atoms with Crippen molar-refractivity contribution in [2.75, 3.05) is 20.6 Å². The molecule has 1 aliphatic carbocycles. The summed E-state index contributed by atoms with van der Waals surface area (Å²) in [5, 5.41) is 0. The minimum atomic E-state index is 0. The third-order valence-corrected chi connectivity index (χ3v) is 5.54. The SMILES string of the molecule is CN(C)CCC1=Cc2ccc(OCc3ccc(-c4ccccc4)cc3)cc2CC1.Cl. The van der Waals surface area contributed by atoms with Crippen LogP contribution in [0.2, 0.25) is 0 Å². The summed E-state index contributed by atoms with van der Waals surface area (Å²) in [5.41, 5.74) is 7.97. The quantitative estimate of drug-likeness (QED) is 0.425. The van der Waals surface area contributed by atoms with Gasteiger partial charge < -0.3 is 9.64 Å². The van der Waals surface area contributed by atoms with Crippen molar-refractivity contribution in [1.82, 2.24) is 4.90 Å². The minimum absolute atomic E-state index is 0. The van der Waals surface area contributed by atoms with Gasteiger partial charge in [-0.1, -0.05) is 72.3 Å². The molecule has 0 aliphatic heterocycles.